The Morgan fingerprint density at radius 2 is 2.17 bits per heavy atom. The number of nitrogens with zero attached hydrogens (tertiary/aromatic N) is 4. The van der Waals surface area contributed by atoms with Gasteiger partial charge in [0.15, 0.2) is 11.4 Å². The Morgan fingerprint density at radius 1 is 1.35 bits per heavy atom. The lowest BCUT2D eigenvalue weighted by atomic mass is 9.70. The molecular formula is C17H15ClN4O. The lowest BCUT2D eigenvalue weighted by molar-refractivity contribution is 0.0868. The summed E-state index contributed by atoms with van der Waals surface area (Å²) in [6, 6.07) is 5.53. The maximum Gasteiger partial charge on any atom is 0.176 e. The molecule has 1 aliphatic carbocycles. The molecule has 6 heteroatoms. The second-order valence-electron chi connectivity index (χ2n) is 6.19. The van der Waals surface area contributed by atoms with Crippen molar-refractivity contribution in [1.82, 2.24) is 19.6 Å². The van der Waals surface area contributed by atoms with Crippen molar-refractivity contribution in [3.63, 3.8) is 0 Å². The zero-order valence-corrected chi connectivity index (χ0v) is 13.6. The lowest BCUT2D eigenvalue weighted by Crippen LogP contribution is -2.39. The van der Waals surface area contributed by atoms with Crippen LogP contribution in [0.2, 0.25) is 5.15 Å². The maximum atomic E-state index is 13.2. The van der Waals surface area contributed by atoms with Gasteiger partial charge in [-0.3, -0.25) is 4.79 Å². The molecule has 3 heterocycles. The summed E-state index contributed by atoms with van der Waals surface area (Å²) in [5, 5.41) is 5.03. The second kappa shape index (κ2) is 4.86. The molecule has 3 aromatic rings. The van der Waals surface area contributed by atoms with Crippen molar-refractivity contribution in [1.29, 1.82) is 0 Å². The fourth-order valence-corrected chi connectivity index (χ4v) is 3.56. The number of ketones is 1. The molecule has 1 aliphatic rings. The van der Waals surface area contributed by atoms with Gasteiger partial charge in [-0.25, -0.2) is 14.5 Å². The van der Waals surface area contributed by atoms with Gasteiger partial charge in [0, 0.05) is 18.0 Å². The minimum absolute atomic E-state index is 0.0624. The van der Waals surface area contributed by atoms with Gasteiger partial charge in [-0.1, -0.05) is 11.6 Å². The zero-order valence-electron chi connectivity index (χ0n) is 12.9. The topological polar surface area (TPSA) is 60.2 Å². The number of rotatable bonds is 1. The van der Waals surface area contributed by atoms with Gasteiger partial charge in [0.05, 0.1) is 16.8 Å². The van der Waals surface area contributed by atoms with Crippen LogP contribution in [0.5, 0.6) is 0 Å². The minimum atomic E-state index is -0.661. The zero-order chi connectivity index (χ0) is 16.2. The van der Waals surface area contributed by atoms with Crippen LogP contribution in [0.3, 0.4) is 0 Å². The fourth-order valence-electron chi connectivity index (χ4n) is 3.30. The molecule has 0 bridgehead atoms. The highest BCUT2D eigenvalue weighted by Gasteiger charge is 2.42. The highest BCUT2D eigenvalue weighted by Crippen LogP contribution is 2.38. The van der Waals surface area contributed by atoms with Gasteiger partial charge in [0.25, 0.3) is 0 Å². The van der Waals surface area contributed by atoms with E-state index in [1.165, 1.54) is 0 Å². The van der Waals surface area contributed by atoms with Crippen LogP contribution in [-0.4, -0.2) is 25.4 Å². The van der Waals surface area contributed by atoms with Crippen molar-refractivity contribution in [2.24, 2.45) is 0 Å². The van der Waals surface area contributed by atoms with E-state index in [-0.39, 0.29) is 5.78 Å². The first kappa shape index (κ1) is 14.3. The fraction of sp³-hybridized carbons (Fsp3) is 0.294. The van der Waals surface area contributed by atoms with Crippen LogP contribution in [0.15, 0.2) is 30.6 Å². The minimum Gasteiger partial charge on any atom is -0.293 e. The molecule has 0 spiro atoms. The smallest absolute Gasteiger partial charge is 0.176 e. The van der Waals surface area contributed by atoms with Crippen LogP contribution in [-0.2, 0) is 11.8 Å². The SMILES string of the molecule is Cc1cc(Cl)nc2c1C(=O)C(C)(c1ccc3nccn3n1)CC2. The predicted molar refractivity (Wildman–Crippen MR) is 87.0 cm³/mol. The molecule has 3 aromatic heterocycles. The molecule has 0 N–H and O–H groups in total. The number of aryl methyl sites for hydroxylation is 2. The van der Waals surface area contributed by atoms with E-state index in [9.17, 15) is 4.79 Å². The summed E-state index contributed by atoms with van der Waals surface area (Å²) in [6.07, 6.45) is 4.86. The summed E-state index contributed by atoms with van der Waals surface area (Å²) >= 11 is 6.03. The third-order valence-corrected chi connectivity index (χ3v) is 4.86. The number of hydrogen-bond acceptors (Lipinski definition) is 4. The highest BCUT2D eigenvalue weighted by molar-refractivity contribution is 6.29. The van der Waals surface area contributed by atoms with E-state index in [1.807, 2.05) is 26.0 Å². The molecule has 4 rings (SSSR count). The molecule has 5 nitrogen and oxygen atoms in total. The lowest BCUT2D eigenvalue weighted by Gasteiger charge is -2.33. The van der Waals surface area contributed by atoms with E-state index in [2.05, 4.69) is 15.1 Å². The normalized spacial score (nSPS) is 20.7. The number of carbonyl (C=O) groups excluding carboxylic acids is 1. The summed E-state index contributed by atoms with van der Waals surface area (Å²) in [6.45, 7) is 3.86. The monoisotopic (exact) mass is 326 g/mol. The van der Waals surface area contributed by atoms with Crippen molar-refractivity contribution < 1.29 is 4.79 Å². The van der Waals surface area contributed by atoms with Gasteiger partial charge >= 0.3 is 0 Å². The van der Waals surface area contributed by atoms with Crippen LogP contribution < -0.4 is 0 Å². The van der Waals surface area contributed by atoms with Crippen molar-refractivity contribution in [2.75, 3.05) is 0 Å². The van der Waals surface area contributed by atoms with E-state index in [4.69, 9.17) is 11.6 Å². The average molecular weight is 327 g/mol. The van der Waals surface area contributed by atoms with E-state index in [1.54, 1.807) is 23.0 Å². The number of fused-ring (bicyclic) bond motifs is 2. The molecule has 1 atom stereocenters. The van der Waals surface area contributed by atoms with E-state index < -0.39 is 5.41 Å². The Balaban J connectivity index is 1.86. The van der Waals surface area contributed by atoms with Gasteiger partial charge in [0.2, 0.25) is 0 Å². The predicted octanol–water partition coefficient (Wildman–Crippen LogP) is 3.17. The Labute approximate surface area is 138 Å². The molecule has 0 saturated heterocycles. The van der Waals surface area contributed by atoms with Crippen molar-refractivity contribution >= 4 is 23.0 Å². The summed E-state index contributed by atoms with van der Waals surface area (Å²) in [5.41, 5.74) is 3.22. The number of pyridine rings is 1. The van der Waals surface area contributed by atoms with Crippen LogP contribution in [0.1, 0.15) is 40.7 Å². The number of hydrogen-bond donors (Lipinski definition) is 0. The highest BCUT2D eigenvalue weighted by atomic mass is 35.5. The summed E-state index contributed by atoms with van der Waals surface area (Å²) < 4.78 is 1.70. The van der Waals surface area contributed by atoms with Gasteiger partial charge in [-0.2, -0.15) is 5.10 Å². The van der Waals surface area contributed by atoms with Gasteiger partial charge < -0.3 is 0 Å². The van der Waals surface area contributed by atoms with Crippen molar-refractivity contribution in [3.8, 4) is 0 Å². The van der Waals surface area contributed by atoms with Crippen LogP contribution in [0.25, 0.3) is 5.65 Å². The molecule has 116 valence electrons. The van der Waals surface area contributed by atoms with Gasteiger partial charge in [0.1, 0.15) is 5.15 Å². The van der Waals surface area contributed by atoms with Gasteiger partial charge in [-0.15, -0.1) is 0 Å². The third kappa shape index (κ3) is 2.07. The Bertz CT molecular complexity index is 949. The quantitative estimate of drug-likeness (QED) is 0.644. The molecule has 23 heavy (non-hydrogen) atoms. The molecule has 0 saturated carbocycles. The summed E-state index contributed by atoms with van der Waals surface area (Å²) in [7, 11) is 0. The number of Topliss-reactive ketones (excluding diaryl/α,β-unsaturated/α-hetero) is 1. The number of halogens is 1. The number of carbonyl (C=O) groups is 1. The summed E-state index contributed by atoms with van der Waals surface area (Å²) in [5.74, 6) is 0.0624. The Morgan fingerprint density at radius 3 is 3.00 bits per heavy atom. The molecule has 0 amide bonds. The van der Waals surface area contributed by atoms with Crippen LogP contribution in [0, 0.1) is 6.92 Å². The first-order valence-electron chi connectivity index (χ1n) is 7.51. The largest absolute Gasteiger partial charge is 0.293 e. The first-order valence-corrected chi connectivity index (χ1v) is 7.88. The number of imidazole rings is 1. The van der Waals surface area contributed by atoms with Crippen molar-refractivity contribution in [3.05, 3.63) is 58.3 Å². The Hall–Kier alpha value is -2.27. The maximum absolute atomic E-state index is 13.2. The number of aromatic nitrogens is 4. The Kier molecular flexibility index (Phi) is 3.03. The van der Waals surface area contributed by atoms with E-state index in [0.717, 1.165) is 22.6 Å². The first-order chi connectivity index (χ1) is 11.0. The molecule has 0 aliphatic heterocycles. The van der Waals surface area contributed by atoms with E-state index in [0.29, 0.717) is 23.6 Å². The third-order valence-electron chi connectivity index (χ3n) is 4.67. The second-order valence-corrected chi connectivity index (χ2v) is 6.58. The molecule has 0 fully saturated rings. The standard InChI is InChI=1S/C17H15ClN4O/c1-10-9-13(18)20-11-5-6-17(2,16(23)15(10)11)12-3-4-14-19-7-8-22(14)21-12/h3-4,7-9H,5-6H2,1-2H3. The van der Waals surface area contributed by atoms with Crippen molar-refractivity contribution in [2.45, 2.75) is 32.1 Å². The average Bonchev–Trinajstić information content (AvgIpc) is 2.98. The molecular weight excluding hydrogens is 312 g/mol. The molecule has 0 aromatic carbocycles. The molecule has 1 unspecified atom stereocenters. The summed E-state index contributed by atoms with van der Waals surface area (Å²) in [4.78, 5) is 21.7. The van der Waals surface area contributed by atoms with E-state index >= 15 is 0 Å². The molecule has 0 radical (unpaired) electrons. The van der Waals surface area contributed by atoms with Gasteiger partial charge in [-0.05, 0) is 50.5 Å². The van der Waals surface area contributed by atoms with Crippen LogP contribution in [0.4, 0.5) is 0 Å². The van der Waals surface area contributed by atoms with Crippen LogP contribution >= 0.6 is 11.6 Å².